The van der Waals surface area contributed by atoms with Crippen LogP contribution in [0.25, 0.3) is 0 Å². The fraction of sp³-hybridized carbons (Fsp3) is 0.353. The fourth-order valence-electron chi connectivity index (χ4n) is 2.01. The van der Waals surface area contributed by atoms with Crippen molar-refractivity contribution in [1.82, 2.24) is 15.3 Å². The third-order valence-electron chi connectivity index (χ3n) is 3.31. The van der Waals surface area contributed by atoms with Crippen molar-refractivity contribution in [3.63, 3.8) is 0 Å². The maximum Gasteiger partial charge on any atom is 0.270 e. The Morgan fingerprint density at radius 1 is 1.14 bits per heavy atom. The van der Waals surface area contributed by atoms with Crippen LogP contribution in [0, 0.1) is 0 Å². The molecule has 116 valence electrons. The number of carbonyl (C=O) groups is 1. The first kappa shape index (κ1) is 15.9. The van der Waals surface area contributed by atoms with Crippen molar-refractivity contribution in [2.75, 3.05) is 11.9 Å². The summed E-state index contributed by atoms with van der Waals surface area (Å²) in [6.45, 7) is 3.59. The van der Waals surface area contributed by atoms with Crippen LogP contribution in [0.15, 0.2) is 42.9 Å². The van der Waals surface area contributed by atoms with Crippen LogP contribution in [0.2, 0.25) is 0 Å². The van der Waals surface area contributed by atoms with Gasteiger partial charge in [-0.15, -0.1) is 0 Å². The second kappa shape index (κ2) is 8.77. The maximum absolute atomic E-state index is 12.0. The third-order valence-corrected chi connectivity index (χ3v) is 3.31. The van der Waals surface area contributed by atoms with Gasteiger partial charge in [0.05, 0.1) is 11.9 Å². The highest BCUT2D eigenvalue weighted by Gasteiger charge is 2.06. The molecule has 0 saturated carbocycles. The number of nitrogens with one attached hydrogen (secondary N) is 2. The number of nitrogens with zero attached hydrogens (tertiary/aromatic N) is 2. The second-order valence-corrected chi connectivity index (χ2v) is 5.10. The Kier molecular flexibility index (Phi) is 6.36. The molecule has 2 rings (SSSR count). The van der Waals surface area contributed by atoms with Crippen molar-refractivity contribution in [3.8, 4) is 0 Å². The highest BCUT2D eigenvalue weighted by molar-refractivity contribution is 5.92. The van der Waals surface area contributed by atoms with Gasteiger partial charge in [0.15, 0.2) is 0 Å². The van der Waals surface area contributed by atoms with Crippen LogP contribution in [0.4, 0.5) is 5.69 Å². The van der Waals surface area contributed by atoms with Crippen LogP contribution >= 0.6 is 0 Å². The number of anilines is 1. The molecule has 0 aliphatic rings. The van der Waals surface area contributed by atoms with Crippen molar-refractivity contribution < 1.29 is 4.79 Å². The minimum atomic E-state index is -0.172. The smallest absolute Gasteiger partial charge is 0.270 e. The number of carbonyl (C=O) groups excluding carboxylic acids is 1. The molecular formula is C17H22N4O. The molecular weight excluding hydrogens is 276 g/mol. The molecule has 2 N–H and O–H groups in total. The Hall–Kier alpha value is -2.43. The number of hydrogen-bond donors (Lipinski definition) is 2. The molecule has 5 heteroatoms. The molecule has 5 nitrogen and oxygen atoms in total. The summed E-state index contributed by atoms with van der Waals surface area (Å²) in [6.07, 6.45) is 8.68. The van der Waals surface area contributed by atoms with E-state index in [4.69, 9.17) is 0 Å². The zero-order valence-corrected chi connectivity index (χ0v) is 12.9. The maximum atomic E-state index is 12.0. The summed E-state index contributed by atoms with van der Waals surface area (Å²) in [5.41, 5.74) is 2.38. The van der Waals surface area contributed by atoms with Gasteiger partial charge < -0.3 is 10.6 Å². The van der Waals surface area contributed by atoms with Gasteiger partial charge in [-0.05, 0) is 36.2 Å². The normalized spacial score (nSPS) is 10.2. The van der Waals surface area contributed by atoms with Crippen LogP contribution in [-0.4, -0.2) is 22.4 Å². The molecule has 0 bridgehead atoms. The van der Waals surface area contributed by atoms with E-state index in [9.17, 15) is 4.79 Å². The van der Waals surface area contributed by atoms with Crippen molar-refractivity contribution in [3.05, 3.63) is 54.1 Å². The standard InChI is InChI=1S/C17H22N4O/c1-2-3-4-9-19-15-5-6-16(20-13-15)17(22)21-12-14-7-10-18-11-8-14/h5-8,10-11,13,19H,2-4,9,12H2,1H3,(H,21,22). The lowest BCUT2D eigenvalue weighted by molar-refractivity contribution is 0.0946. The number of hydrogen-bond acceptors (Lipinski definition) is 4. The quantitative estimate of drug-likeness (QED) is 0.735. The van der Waals surface area contributed by atoms with Gasteiger partial charge in [0.2, 0.25) is 0 Å². The lowest BCUT2D eigenvalue weighted by Gasteiger charge is -2.07. The highest BCUT2D eigenvalue weighted by atomic mass is 16.1. The van der Waals surface area contributed by atoms with Gasteiger partial charge in [-0.2, -0.15) is 0 Å². The van der Waals surface area contributed by atoms with Crippen LogP contribution in [-0.2, 0) is 6.54 Å². The van der Waals surface area contributed by atoms with E-state index < -0.39 is 0 Å². The Labute approximate surface area is 131 Å². The van der Waals surface area contributed by atoms with Gasteiger partial charge in [-0.25, -0.2) is 4.98 Å². The molecule has 0 atom stereocenters. The third kappa shape index (κ3) is 5.16. The number of rotatable bonds is 8. The van der Waals surface area contributed by atoms with Gasteiger partial charge >= 0.3 is 0 Å². The minimum absolute atomic E-state index is 0.172. The molecule has 0 saturated heterocycles. The zero-order chi connectivity index (χ0) is 15.6. The molecule has 2 aromatic heterocycles. The van der Waals surface area contributed by atoms with E-state index in [1.165, 1.54) is 12.8 Å². The summed E-state index contributed by atoms with van der Waals surface area (Å²) in [6, 6.07) is 7.37. The van der Waals surface area contributed by atoms with Gasteiger partial charge in [-0.3, -0.25) is 9.78 Å². The van der Waals surface area contributed by atoms with E-state index in [1.54, 1.807) is 24.7 Å². The molecule has 2 heterocycles. The van der Waals surface area contributed by atoms with Crippen LogP contribution in [0.3, 0.4) is 0 Å². The fourth-order valence-corrected chi connectivity index (χ4v) is 2.01. The molecule has 0 radical (unpaired) electrons. The summed E-state index contributed by atoms with van der Waals surface area (Å²) in [4.78, 5) is 20.2. The Morgan fingerprint density at radius 2 is 1.95 bits per heavy atom. The summed E-state index contributed by atoms with van der Waals surface area (Å²) >= 11 is 0. The average Bonchev–Trinajstić information content (AvgIpc) is 2.58. The van der Waals surface area contributed by atoms with Crippen molar-refractivity contribution in [1.29, 1.82) is 0 Å². The lowest BCUT2D eigenvalue weighted by Crippen LogP contribution is -2.23. The highest BCUT2D eigenvalue weighted by Crippen LogP contribution is 2.07. The predicted octanol–water partition coefficient (Wildman–Crippen LogP) is 3.01. The molecule has 0 aromatic carbocycles. The summed E-state index contributed by atoms with van der Waals surface area (Å²) in [5.74, 6) is -0.172. The van der Waals surface area contributed by atoms with Gasteiger partial charge in [0, 0.05) is 25.5 Å². The summed E-state index contributed by atoms with van der Waals surface area (Å²) < 4.78 is 0. The number of unbranched alkanes of at least 4 members (excludes halogenated alkanes) is 2. The van der Waals surface area contributed by atoms with Crippen molar-refractivity contribution in [2.45, 2.75) is 32.7 Å². The Morgan fingerprint density at radius 3 is 2.64 bits per heavy atom. The first-order valence-electron chi connectivity index (χ1n) is 7.66. The Balaban J connectivity index is 1.80. The largest absolute Gasteiger partial charge is 0.384 e. The van der Waals surface area contributed by atoms with E-state index in [2.05, 4.69) is 27.5 Å². The van der Waals surface area contributed by atoms with Crippen LogP contribution < -0.4 is 10.6 Å². The number of pyridine rings is 2. The lowest BCUT2D eigenvalue weighted by atomic mass is 10.2. The van der Waals surface area contributed by atoms with E-state index in [0.717, 1.165) is 24.2 Å². The molecule has 2 aromatic rings. The molecule has 0 fully saturated rings. The van der Waals surface area contributed by atoms with E-state index in [-0.39, 0.29) is 5.91 Å². The Bertz CT molecular complexity index is 569. The van der Waals surface area contributed by atoms with Gasteiger partial charge in [0.25, 0.3) is 5.91 Å². The SMILES string of the molecule is CCCCCNc1ccc(C(=O)NCc2ccncc2)nc1. The number of amides is 1. The van der Waals surface area contributed by atoms with E-state index in [0.29, 0.717) is 12.2 Å². The van der Waals surface area contributed by atoms with Crippen molar-refractivity contribution in [2.24, 2.45) is 0 Å². The predicted molar refractivity (Wildman–Crippen MR) is 87.7 cm³/mol. The zero-order valence-electron chi connectivity index (χ0n) is 12.9. The summed E-state index contributed by atoms with van der Waals surface area (Å²) in [7, 11) is 0. The molecule has 0 unspecified atom stereocenters. The van der Waals surface area contributed by atoms with Gasteiger partial charge in [0.1, 0.15) is 5.69 Å². The first-order chi connectivity index (χ1) is 10.8. The molecule has 1 amide bonds. The van der Waals surface area contributed by atoms with E-state index in [1.807, 2.05) is 18.2 Å². The molecule has 0 aliphatic carbocycles. The number of aromatic nitrogens is 2. The second-order valence-electron chi connectivity index (χ2n) is 5.10. The topological polar surface area (TPSA) is 66.9 Å². The van der Waals surface area contributed by atoms with Crippen LogP contribution in [0.1, 0.15) is 42.2 Å². The minimum Gasteiger partial charge on any atom is -0.384 e. The molecule has 0 aliphatic heterocycles. The monoisotopic (exact) mass is 298 g/mol. The van der Waals surface area contributed by atoms with E-state index >= 15 is 0 Å². The average molecular weight is 298 g/mol. The molecule has 0 spiro atoms. The molecule has 22 heavy (non-hydrogen) atoms. The van der Waals surface area contributed by atoms with Crippen LogP contribution in [0.5, 0.6) is 0 Å². The van der Waals surface area contributed by atoms with Gasteiger partial charge in [-0.1, -0.05) is 19.8 Å². The first-order valence-corrected chi connectivity index (χ1v) is 7.66. The van der Waals surface area contributed by atoms with Crippen molar-refractivity contribution >= 4 is 11.6 Å². The summed E-state index contributed by atoms with van der Waals surface area (Å²) in [5, 5.41) is 6.15.